The van der Waals surface area contributed by atoms with E-state index in [1.54, 1.807) is 20.0 Å². The Hall–Kier alpha value is -1.14. The first-order valence-electron chi connectivity index (χ1n) is 4.91. The van der Waals surface area contributed by atoms with Gasteiger partial charge in [-0.05, 0) is 29.8 Å². The van der Waals surface area contributed by atoms with Crippen LogP contribution in [0.2, 0.25) is 0 Å². The van der Waals surface area contributed by atoms with E-state index < -0.39 is 5.60 Å². The maximum absolute atomic E-state index is 9.64. The van der Waals surface area contributed by atoms with Crippen molar-refractivity contribution >= 4 is 27.4 Å². The van der Waals surface area contributed by atoms with Crippen molar-refractivity contribution in [2.75, 3.05) is 11.9 Å². The molecular formula is C10H13BrN4O. The van der Waals surface area contributed by atoms with Gasteiger partial charge >= 0.3 is 0 Å². The Labute approximate surface area is 102 Å². The van der Waals surface area contributed by atoms with E-state index in [1.807, 2.05) is 16.8 Å². The Balaban J connectivity index is 2.32. The van der Waals surface area contributed by atoms with Gasteiger partial charge in [0.15, 0.2) is 11.5 Å². The molecule has 0 fully saturated rings. The van der Waals surface area contributed by atoms with Gasteiger partial charge in [-0.3, -0.25) is 0 Å². The van der Waals surface area contributed by atoms with E-state index >= 15 is 0 Å². The van der Waals surface area contributed by atoms with Crippen LogP contribution < -0.4 is 5.32 Å². The second kappa shape index (κ2) is 4.03. The van der Waals surface area contributed by atoms with Gasteiger partial charge in [-0.2, -0.15) is 0 Å². The first-order chi connectivity index (χ1) is 7.46. The van der Waals surface area contributed by atoms with Crippen LogP contribution in [0.4, 0.5) is 5.82 Å². The third-order valence-electron chi connectivity index (χ3n) is 2.03. The predicted molar refractivity (Wildman–Crippen MR) is 65.5 cm³/mol. The van der Waals surface area contributed by atoms with E-state index in [2.05, 4.69) is 31.2 Å². The normalized spacial score (nSPS) is 12.0. The third-order valence-corrected chi connectivity index (χ3v) is 2.42. The summed E-state index contributed by atoms with van der Waals surface area (Å²) in [6.45, 7) is 3.89. The molecule has 0 unspecified atom stereocenters. The lowest BCUT2D eigenvalue weighted by Crippen LogP contribution is -2.29. The predicted octanol–water partition coefficient (Wildman–Crippen LogP) is 1.67. The molecule has 0 aliphatic carbocycles. The molecule has 2 aromatic heterocycles. The minimum absolute atomic E-state index is 0.416. The third kappa shape index (κ3) is 2.51. The summed E-state index contributed by atoms with van der Waals surface area (Å²) < 4.78 is 2.58. The van der Waals surface area contributed by atoms with Crippen LogP contribution in [0.5, 0.6) is 0 Å². The van der Waals surface area contributed by atoms with Crippen molar-refractivity contribution in [3.05, 3.63) is 23.2 Å². The van der Waals surface area contributed by atoms with E-state index in [0.717, 1.165) is 10.3 Å². The largest absolute Gasteiger partial charge is 0.389 e. The first-order valence-corrected chi connectivity index (χ1v) is 5.70. The first kappa shape index (κ1) is 11.3. The molecule has 2 N–H and O–H groups in total. The summed E-state index contributed by atoms with van der Waals surface area (Å²) in [5.41, 5.74) is -0.0411. The molecule has 0 atom stereocenters. The number of aromatic nitrogens is 3. The molecule has 0 radical (unpaired) electrons. The Kier molecular flexibility index (Phi) is 2.86. The lowest BCUT2D eigenvalue weighted by molar-refractivity contribution is 0.0944. The van der Waals surface area contributed by atoms with E-state index in [4.69, 9.17) is 0 Å². The molecule has 2 rings (SSSR count). The number of hydrogen-bond donors (Lipinski definition) is 2. The van der Waals surface area contributed by atoms with Crippen molar-refractivity contribution in [3.63, 3.8) is 0 Å². The van der Waals surface area contributed by atoms with Crippen LogP contribution in [0.15, 0.2) is 23.2 Å². The second-order valence-corrected chi connectivity index (χ2v) is 5.05. The molecule has 0 spiro atoms. The van der Waals surface area contributed by atoms with Gasteiger partial charge in [-0.1, -0.05) is 0 Å². The summed E-state index contributed by atoms with van der Waals surface area (Å²) in [5.74, 6) is 0.654. The second-order valence-electron chi connectivity index (χ2n) is 4.24. The zero-order valence-electron chi connectivity index (χ0n) is 9.11. The molecule has 0 saturated heterocycles. The van der Waals surface area contributed by atoms with E-state index in [-0.39, 0.29) is 0 Å². The molecule has 86 valence electrons. The van der Waals surface area contributed by atoms with Crippen molar-refractivity contribution in [2.24, 2.45) is 0 Å². The van der Waals surface area contributed by atoms with Gasteiger partial charge in [0, 0.05) is 25.1 Å². The van der Waals surface area contributed by atoms with E-state index in [9.17, 15) is 5.11 Å². The van der Waals surface area contributed by atoms with Gasteiger partial charge in [0.1, 0.15) is 4.60 Å². The van der Waals surface area contributed by atoms with Crippen molar-refractivity contribution in [1.82, 2.24) is 14.4 Å². The standard InChI is InChI=1S/C10H13BrN4O/c1-10(2,16)6-13-8-9-12-3-4-15(9)5-7(11)14-8/h3-5,16H,6H2,1-2H3,(H,13,14). The van der Waals surface area contributed by atoms with Gasteiger partial charge in [0.05, 0.1) is 5.60 Å². The SMILES string of the molecule is CC(C)(O)CNc1nc(Br)cn2ccnc12. The Morgan fingerprint density at radius 3 is 3.00 bits per heavy atom. The van der Waals surface area contributed by atoms with Crippen LogP contribution in [-0.2, 0) is 0 Å². The molecule has 0 aliphatic rings. The Morgan fingerprint density at radius 2 is 2.31 bits per heavy atom. The highest BCUT2D eigenvalue weighted by Crippen LogP contribution is 2.17. The van der Waals surface area contributed by atoms with Gasteiger partial charge in [-0.15, -0.1) is 0 Å². The number of nitrogens with one attached hydrogen (secondary N) is 1. The maximum atomic E-state index is 9.64. The fourth-order valence-electron chi connectivity index (χ4n) is 1.32. The number of anilines is 1. The van der Waals surface area contributed by atoms with Crippen LogP contribution >= 0.6 is 15.9 Å². The minimum atomic E-state index is -0.784. The van der Waals surface area contributed by atoms with Crippen LogP contribution in [0, 0.1) is 0 Å². The number of rotatable bonds is 3. The number of imidazole rings is 1. The highest BCUT2D eigenvalue weighted by molar-refractivity contribution is 9.10. The molecule has 0 bridgehead atoms. The smallest absolute Gasteiger partial charge is 0.180 e. The molecule has 0 saturated carbocycles. The van der Waals surface area contributed by atoms with Crippen LogP contribution in [0.3, 0.4) is 0 Å². The van der Waals surface area contributed by atoms with Crippen LogP contribution in [0.25, 0.3) is 5.65 Å². The minimum Gasteiger partial charge on any atom is -0.389 e. The molecular weight excluding hydrogens is 272 g/mol. The highest BCUT2D eigenvalue weighted by atomic mass is 79.9. The molecule has 0 amide bonds. The molecule has 2 aromatic rings. The molecule has 16 heavy (non-hydrogen) atoms. The summed E-state index contributed by atoms with van der Waals surface area (Å²) >= 11 is 3.33. The maximum Gasteiger partial charge on any atom is 0.180 e. The van der Waals surface area contributed by atoms with Crippen molar-refractivity contribution < 1.29 is 5.11 Å². The number of hydrogen-bond acceptors (Lipinski definition) is 4. The van der Waals surface area contributed by atoms with Gasteiger partial charge in [0.2, 0.25) is 0 Å². The molecule has 0 aromatic carbocycles. The number of aliphatic hydroxyl groups is 1. The zero-order valence-corrected chi connectivity index (χ0v) is 10.7. The topological polar surface area (TPSA) is 62.5 Å². The zero-order chi connectivity index (χ0) is 11.8. The number of fused-ring (bicyclic) bond motifs is 1. The molecule has 5 nitrogen and oxygen atoms in total. The van der Waals surface area contributed by atoms with Crippen LogP contribution in [-0.4, -0.2) is 31.6 Å². The summed E-state index contributed by atoms with van der Waals surface area (Å²) in [6, 6.07) is 0. The molecule has 6 heteroatoms. The molecule has 0 aliphatic heterocycles. The Bertz CT molecular complexity index is 503. The summed E-state index contributed by atoms with van der Waals surface area (Å²) in [5, 5.41) is 12.7. The summed E-state index contributed by atoms with van der Waals surface area (Å²) in [4.78, 5) is 8.48. The quantitative estimate of drug-likeness (QED) is 0.900. The van der Waals surface area contributed by atoms with Gasteiger partial charge in [-0.25, -0.2) is 9.97 Å². The highest BCUT2D eigenvalue weighted by Gasteiger charge is 2.14. The van der Waals surface area contributed by atoms with Crippen molar-refractivity contribution in [1.29, 1.82) is 0 Å². The average Bonchev–Trinajstić information content (AvgIpc) is 2.60. The molecule has 2 heterocycles. The lowest BCUT2D eigenvalue weighted by atomic mass is 10.1. The van der Waals surface area contributed by atoms with Gasteiger partial charge < -0.3 is 14.8 Å². The fourth-order valence-corrected chi connectivity index (χ4v) is 1.72. The van der Waals surface area contributed by atoms with Gasteiger partial charge in [0.25, 0.3) is 0 Å². The average molecular weight is 285 g/mol. The van der Waals surface area contributed by atoms with Crippen molar-refractivity contribution in [3.8, 4) is 0 Å². The Morgan fingerprint density at radius 1 is 1.56 bits per heavy atom. The monoisotopic (exact) mass is 284 g/mol. The summed E-state index contributed by atoms with van der Waals surface area (Å²) in [7, 11) is 0. The fraction of sp³-hybridized carbons (Fsp3) is 0.400. The summed E-state index contributed by atoms with van der Waals surface area (Å²) in [6.07, 6.45) is 5.38. The van der Waals surface area contributed by atoms with E-state index in [0.29, 0.717) is 12.4 Å². The van der Waals surface area contributed by atoms with Crippen LogP contribution in [0.1, 0.15) is 13.8 Å². The van der Waals surface area contributed by atoms with Crippen molar-refractivity contribution in [2.45, 2.75) is 19.4 Å². The number of nitrogens with zero attached hydrogens (tertiary/aromatic N) is 3. The lowest BCUT2D eigenvalue weighted by Gasteiger charge is -2.18. The number of halogens is 1. The van der Waals surface area contributed by atoms with E-state index in [1.165, 1.54) is 0 Å².